The number of hydrogen-bond donors (Lipinski definition) is 0. The summed E-state index contributed by atoms with van der Waals surface area (Å²) in [5.74, 6) is 1.52. The van der Waals surface area contributed by atoms with Crippen LogP contribution in [0.3, 0.4) is 0 Å². The number of benzene rings is 2. The van der Waals surface area contributed by atoms with E-state index >= 15 is 0 Å². The molecule has 7 nitrogen and oxygen atoms in total. The van der Waals surface area contributed by atoms with Crippen LogP contribution in [0.1, 0.15) is 22.3 Å². The van der Waals surface area contributed by atoms with E-state index in [9.17, 15) is 9.59 Å². The molecule has 1 fully saturated rings. The van der Waals surface area contributed by atoms with Gasteiger partial charge in [0.05, 0.1) is 31.9 Å². The van der Waals surface area contributed by atoms with Crippen LogP contribution in [-0.4, -0.2) is 69.1 Å². The monoisotopic (exact) mass is 480 g/mol. The number of halogens is 2. The van der Waals surface area contributed by atoms with E-state index in [1.807, 2.05) is 12.1 Å². The number of ether oxygens (including phenoxy) is 3. The molecule has 0 aromatic heterocycles. The first-order chi connectivity index (χ1) is 15.4. The molecule has 0 N–H and O–H groups in total. The average molecular weight is 481 g/mol. The molecule has 0 radical (unpaired) electrons. The minimum atomic E-state index is -0.156. The Morgan fingerprint density at radius 1 is 0.875 bits per heavy atom. The smallest absolute Gasteiger partial charge is 0.255 e. The summed E-state index contributed by atoms with van der Waals surface area (Å²) in [6.07, 6.45) is 0.880. The largest absolute Gasteiger partial charge is 0.493 e. The van der Waals surface area contributed by atoms with Crippen molar-refractivity contribution >= 4 is 35.0 Å². The standard InChI is InChI=1S/C23H26Cl2N2O5/c1-30-19-12-15(13-20(31-2)22(19)32-3)4-7-21(28)26-8-10-27(11-9-26)23(29)17-6-5-16(24)14-18(17)25/h5-6,12-14H,4,7-11H2,1-3H3. The number of amides is 2. The van der Waals surface area contributed by atoms with Crippen molar-refractivity contribution in [2.45, 2.75) is 12.8 Å². The predicted octanol–water partition coefficient (Wildman–Crippen LogP) is 3.94. The van der Waals surface area contributed by atoms with E-state index < -0.39 is 0 Å². The van der Waals surface area contributed by atoms with Crippen LogP contribution in [0, 0.1) is 0 Å². The number of nitrogens with zero attached hydrogens (tertiary/aromatic N) is 2. The summed E-state index contributed by atoms with van der Waals surface area (Å²) in [4.78, 5) is 29.0. The third-order valence-electron chi connectivity index (χ3n) is 5.43. The molecule has 0 spiro atoms. The maximum Gasteiger partial charge on any atom is 0.255 e. The third kappa shape index (κ3) is 5.40. The Labute approximate surface area is 197 Å². The van der Waals surface area contributed by atoms with E-state index in [1.54, 1.807) is 49.3 Å². The Kier molecular flexibility index (Phi) is 8.10. The maximum atomic E-state index is 12.8. The summed E-state index contributed by atoms with van der Waals surface area (Å²) in [6.45, 7) is 1.86. The van der Waals surface area contributed by atoms with E-state index in [4.69, 9.17) is 37.4 Å². The van der Waals surface area contributed by atoms with Gasteiger partial charge in [0.25, 0.3) is 5.91 Å². The summed E-state index contributed by atoms with van der Waals surface area (Å²) in [5, 5.41) is 0.806. The first-order valence-electron chi connectivity index (χ1n) is 10.2. The lowest BCUT2D eigenvalue weighted by Crippen LogP contribution is -2.50. The summed E-state index contributed by atoms with van der Waals surface area (Å²) < 4.78 is 16.1. The molecule has 0 unspecified atom stereocenters. The molecule has 0 aliphatic carbocycles. The molecule has 1 aliphatic heterocycles. The van der Waals surface area contributed by atoms with Crippen LogP contribution in [-0.2, 0) is 11.2 Å². The SMILES string of the molecule is COc1cc(CCC(=O)N2CCN(C(=O)c3ccc(Cl)cc3Cl)CC2)cc(OC)c1OC. The summed E-state index contributed by atoms with van der Waals surface area (Å²) in [7, 11) is 4.67. The number of hydrogen-bond acceptors (Lipinski definition) is 5. The lowest BCUT2D eigenvalue weighted by Gasteiger charge is -2.35. The molecule has 2 aromatic rings. The molecule has 0 saturated carbocycles. The van der Waals surface area contributed by atoms with Gasteiger partial charge in [-0.1, -0.05) is 23.2 Å². The molecular formula is C23H26Cl2N2O5. The first-order valence-corrected chi connectivity index (χ1v) is 10.9. The molecule has 1 aliphatic rings. The molecule has 3 rings (SSSR count). The van der Waals surface area contributed by atoms with Crippen molar-refractivity contribution in [1.82, 2.24) is 9.80 Å². The van der Waals surface area contributed by atoms with Crippen molar-refractivity contribution in [2.75, 3.05) is 47.5 Å². The van der Waals surface area contributed by atoms with Gasteiger partial charge in [0, 0.05) is 37.6 Å². The van der Waals surface area contributed by atoms with Gasteiger partial charge in [-0.2, -0.15) is 0 Å². The van der Waals surface area contributed by atoms with Gasteiger partial charge in [0.15, 0.2) is 11.5 Å². The summed E-state index contributed by atoms with van der Waals surface area (Å²) >= 11 is 12.1. The Balaban J connectivity index is 1.56. The van der Waals surface area contributed by atoms with E-state index in [2.05, 4.69) is 0 Å². The van der Waals surface area contributed by atoms with Crippen molar-refractivity contribution in [3.8, 4) is 17.2 Å². The van der Waals surface area contributed by atoms with Gasteiger partial charge in [-0.05, 0) is 42.3 Å². The molecule has 172 valence electrons. The minimum Gasteiger partial charge on any atom is -0.493 e. The first kappa shape index (κ1) is 24.0. The second kappa shape index (κ2) is 10.8. The molecule has 0 atom stereocenters. The number of piperazine rings is 1. The zero-order chi connectivity index (χ0) is 23.3. The Morgan fingerprint density at radius 2 is 1.47 bits per heavy atom. The van der Waals surface area contributed by atoms with Gasteiger partial charge in [-0.25, -0.2) is 0 Å². The Morgan fingerprint density at radius 3 is 2.00 bits per heavy atom. The average Bonchev–Trinajstić information content (AvgIpc) is 2.81. The van der Waals surface area contributed by atoms with Crippen LogP contribution >= 0.6 is 23.2 Å². The lowest BCUT2D eigenvalue weighted by molar-refractivity contribution is -0.132. The zero-order valence-corrected chi connectivity index (χ0v) is 19.8. The van der Waals surface area contributed by atoms with Crippen LogP contribution in [0.5, 0.6) is 17.2 Å². The Bertz CT molecular complexity index is 965. The van der Waals surface area contributed by atoms with Crippen LogP contribution in [0.25, 0.3) is 0 Å². The predicted molar refractivity (Wildman–Crippen MR) is 123 cm³/mol. The van der Waals surface area contributed by atoms with Crippen molar-refractivity contribution < 1.29 is 23.8 Å². The van der Waals surface area contributed by atoms with Gasteiger partial charge in [0.1, 0.15) is 0 Å². The van der Waals surface area contributed by atoms with Crippen molar-refractivity contribution in [3.05, 3.63) is 51.5 Å². The van der Waals surface area contributed by atoms with Crippen LogP contribution < -0.4 is 14.2 Å². The molecule has 32 heavy (non-hydrogen) atoms. The summed E-state index contributed by atoms with van der Waals surface area (Å²) in [6, 6.07) is 8.52. The normalized spacial score (nSPS) is 13.7. The molecule has 0 bridgehead atoms. The second-order valence-electron chi connectivity index (χ2n) is 7.33. The van der Waals surface area contributed by atoms with Gasteiger partial charge in [-0.3, -0.25) is 9.59 Å². The highest BCUT2D eigenvalue weighted by atomic mass is 35.5. The van der Waals surface area contributed by atoms with E-state index in [1.165, 1.54) is 0 Å². The van der Waals surface area contributed by atoms with Crippen LogP contribution in [0.4, 0.5) is 0 Å². The van der Waals surface area contributed by atoms with Gasteiger partial charge < -0.3 is 24.0 Å². The maximum absolute atomic E-state index is 12.8. The van der Waals surface area contributed by atoms with E-state index in [-0.39, 0.29) is 11.8 Å². The number of carbonyl (C=O) groups excluding carboxylic acids is 2. The number of aryl methyl sites for hydroxylation is 1. The fourth-order valence-electron chi connectivity index (χ4n) is 3.68. The van der Waals surface area contributed by atoms with E-state index in [0.717, 1.165) is 5.56 Å². The lowest BCUT2D eigenvalue weighted by atomic mass is 10.1. The molecular weight excluding hydrogens is 455 g/mol. The molecule has 2 amide bonds. The molecule has 1 heterocycles. The quantitative estimate of drug-likeness (QED) is 0.600. The fraction of sp³-hybridized carbons (Fsp3) is 0.391. The third-order valence-corrected chi connectivity index (χ3v) is 5.98. The zero-order valence-electron chi connectivity index (χ0n) is 18.3. The molecule has 1 saturated heterocycles. The number of rotatable bonds is 7. The van der Waals surface area contributed by atoms with Gasteiger partial charge in [-0.15, -0.1) is 0 Å². The number of methoxy groups -OCH3 is 3. The van der Waals surface area contributed by atoms with Crippen molar-refractivity contribution in [3.63, 3.8) is 0 Å². The topological polar surface area (TPSA) is 68.3 Å². The molecule has 9 heteroatoms. The second-order valence-corrected chi connectivity index (χ2v) is 8.17. The molecule has 2 aromatic carbocycles. The van der Waals surface area contributed by atoms with Crippen LogP contribution in [0.2, 0.25) is 10.0 Å². The highest BCUT2D eigenvalue weighted by Crippen LogP contribution is 2.38. The Hall–Kier alpha value is -2.64. The summed E-state index contributed by atoms with van der Waals surface area (Å²) in [5.41, 5.74) is 1.33. The van der Waals surface area contributed by atoms with Gasteiger partial charge >= 0.3 is 0 Å². The fourth-order valence-corrected chi connectivity index (χ4v) is 4.17. The van der Waals surface area contributed by atoms with E-state index in [0.29, 0.717) is 71.9 Å². The minimum absolute atomic E-state index is 0.0374. The van der Waals surface area contributed by atoms with Gasteiger partial charge in [0.2, 0.25) is 11.7 Å². The number of carbonyl (C=O) groups is 2. The van der Waals surface area contributed by atoms with Crippen LogP contribution in [0.15, 0.2) is 30.3 Å². The van der Waals surface area contributed by atoms with Crippen molar-refractivity contribution in [2.24, 2.45) is 0 Å². The highest BCUT2D eigenvalue weighted by Gasteiger charge is 2.26. The highest BCUT2D eigenvalue weighted by molar-refractivity contribution is 6.36. The van der Waals surface area contributed by atoms with Crippen molar-refractivity contribution in [1.29, 1.82) is 0 Å².